The number of hydrogen-bond acceptors (Lipinski definition) is 4. The van der Waals surface area contributed by atoms with Crippen LogP contribution in [-0.4, -0.2) is 17.3 Å². The van der Waals surface area contributed by atoms with Crippen LogP contribution in [0.3, 0.4) is 0 Å². The Labute approximate surface area is 120 Å². The van der Waals surface area contributed by atoms with Crippen molar-refractivity contribution in [3.8, 4) is 5.75 Å². The van der Waals surface area contributed by atoms with Gasteiger partial charge in [0, 0.05) is 11.6 Å². The number of benzene rings is 2. The highest BCUT2D eigenvalue weighted by atomic mass is 19.1. The molecule has 0 fully saturated rings. The Balaban J connectivity index is 2.14. The molecular formula is C15H12FNO4. The summed E-state index contributed by atoms with van der Waals surface area (Å²) < 4.78 is 18.3. The molecule has 0 saturated carbocycles. The summed E-state index contributed by atoms with van der Waals surface area (Å²) >= 11 is 0. The summed E-state index contributed by atoms with van der Waals surface area (Å²) in [6.07, 6.45) is 0. The SMILES string of the molecule is Cc1ccc([N+](=O)[O-])c(OCC(=O)c2cccc(F)c2)c1. The standard InChI is InChI=1S/C15H12FNO4/c1-10-5-6-13(17(19)20)15(7-10)21-9-14(18)11-3-2-4-12(16)8-11/h2-8H,9H2,1H3. The van der Waals surface area contributed by atoms with Crippen molar-refractivity contribution in [1.82, 2.24) is 0 Å². The minimum absolute atomic E-state index is 0.0183. The highest BCUT2D eigenvalue weighted by Crippen LogP contribution is 2.27. The molecule has 0 aromatic heterocycles. The second-order valence-electron chi connectivity index (χ2n) is 4.45. The predicted octanol–water partition coefficient (Wildman–Crippen LogP) is 3.30. The number of Topliss-reactive ketones (excluding diaryl/α,β-unsaturated/α-hetero) is 1. The van der Waals surface area contributed by atoms with Crippen LogP contribution in [0.1, 0.15) is 15.9 Å². The van der Waals surface area contributed by atoms with E-state index < -0.39 is 23.1 Å². The van der Waals surface area contributed by atoms with Crippen LogP contribution >= 0.6 is 0 Å². The molecule has 0 heterocycles. The molecule has 5 nitrogen and oxygen atoms in total. The van der Waals surface area contributed by atoms with E-state index in [2.05, 4.69) is 0 Å². The molecule has 0 saturated heterocycles. The molecule has 0 N–H and O–H groups in total. The summed E-state index contributed by atoms with van der Waals surface area (Å²) in [5.74, 6) is -0.961. The van der Waals surface area contributed by atoms with Crippen LogP contribution in [0.15, 0.2) is 42.5 Å². The number of nitrogens with zero attached hydrogens (tertiary/aromatic N) is 1. The lowest BCUT2D eigenvalue weighted by atomic mass is 10.1. The molecule has 0 spiro atoms. The second kappa shape index (κ2) is 6.13. The first-order chi connectivity index (χ1) is 9.97. The van der Waals surface area contributed by atoms with E-state index in [1.807, 2.05) is 0 Å². The lowest BCUT2D eigenvalue weighted by Gasteiger charge is -2.07. The van der Waals surface area contributed by atoms with Gasteiger partial charge in [-0.25, -0.2) is 4.39 Å². The van der Waals surface area contributed by atoms with Crippen molar-refractivity contribution in [3.05, 3.63) is 69.5 Å². The van der Waals surface area contributed by atoms with Gasteiger partial charge in [0.25, 0.3) is 0 Å². The number of rotatable bonds is 5. The van der Waals surface area contributed by atoms with Gasteiger partial charge in [0.15, 0.2) is 18.1 Å². The van der Waals surface area contributed by atoms with E-state index in [1.165, 1.54) is 30.3 Å². The summed E-state index contributed by atoms with van der Waals surface area (Å²) in [4.78, 5) is 22.2. The van der Waals surface area contributed by atoms with Gasteiger partial charge in [0.1, 0.15) is 5.82 Å². The fraction of sp³-hybridized carbons (Fsp3) is 0.133. The number of nitro benzene ring substituents is 1. The molecule has 0 radical (unpaired) electrons. The van der Waals surface area contributed by atoms with E-state index in [9.17, 15) is 19.3 Å². The van der Waals surface area contributed by atoms with Crippen LogP contribution in [0.25, 0.3) is 0 Å². The molecule has 0 amide bonds. The first kappa shape index (κ1) is 14.6. The zero-order chi connectivity index (χ0) is 15.4. The zero-order valence-corrected chi connectivity index (χ0v) is 11.2. The molecule has 6 heteroatoms. The molecule has 2 aromatic carbocycles. The normalized spacial score (nSPS) is 10.2. The van der Waals surface area contributed by atoms with Crippen molar-refractivity contribution in [2.75, 3.05) is 6.61 Å². The largest absolute Gasteiger partial charge is 0.478 e. The quantitative estimate of drug-likeness (QED) is 0.481. The number of hydrogen-bond donors (Lipinski definition) is 0. The van der Waals surface area contributed by atoms with E-state index in [0.29, 0.717) is 0 Å². The molecule has 0 aliphatic carbocycles. The van der Waals surface area contributed by atoms with Gasteiger partial charge in [-0.05, 0) is 30.7 Å². The first-order valence-corrected chi connectivity index (χ1v) is 6.14. The third-order valence-electron chi connectivity index (χ3n) is 2.82. The van der Waals surface area contributed by atoms with Gasteiger partial charge >= 0.3 is 5.69 Å². The Kier molecular flexibility index (Phi) is 4.27. The van der Waals surface area contributed by atoms with Gasteiger partial charge in [-0.15, -0.1) is 0 Å². The van der Waals surface area contributed by atoms with E-state index in [-0.39, 0.29) is 17.0 Å². The summed E-state index contributed by atoms with van der Waals surface area (Å²) in [5.41, 5.74) is 0.715. The number of carbonyl (C=O) groups is 1. The van der Waals surface area contributed by atoms with Gasteiger partial charge in [0.05, 0.1) is 4.92 Å². The summed E-state index contributed by atoms with van der Waals surface area (Å²) in [7, 11) is 0. The summed E-state index contributed by atoms with van der Waals surface area (Å²) in [5, 5.41) is 10.9. The second-order valence-corrected chi connectivity index (χ2v) is 4.45. The molecule has 21 heavy (non-hydrogen) atoms. The van der Waals surface area contributed by atoms with E-state index in [1.54, 1.807) is 13.0 Å². The average molecular weight is 289 g/mol. The molecule has 0 atom stereocenters. The molecule has 0 unspecified atom stereocenters. The monoisotopic (exact) mass is 289 g/mol. The van der Waals surface area contributed by atoms with Crippen molar-refractivity contribution < 1.29 is 18.8 Å². The van der Waals surface area contributed by atoms with Gasteiger partial charge in [-0.3, -0.25) is 14.9 Å². The summed E-state index contributed by atoms with van der Waals surface area (Å²) in [6, 6.07) is 9.57. The van der Waals surface area contributed by atoms with Crippen LogP contribution in [0.4, 0.5) is 10.1 Å². The topological polar surface area (TPSA) is 69.4 Å². The number of halogens is 1. The number of aryl methyl sites for hydroxylation is 1. The van der Waals surface area contributed by atoms with E-state index >= 15 is 0 Å². The number of ether oxygens (including phenoxy) is 1. The predicted molar refractivity (Wildman–Crippen MR) is 74.1 cm³/mol. The highest BCUT2D eigenvalue weighted by Gasteiger charge is 2.16. The Morgan fingerprint density at radius 1 is 1.29 bits per heavy atom. The van der Waals surface area contributed by atoms with Crippen molar-refractivity contribution in [2.24, 2.45) is 0 Å². The van der Waals surface area contributed by atoms with E-state index in [4.69, 9.17) is 4.74 Å². The Morgan fingerprint density at radius 3 is 2.71 bits per heavy atom. The maximum Gasteiger partial charge on any atom is 0.310 e. The fourth-order valence-electron chi connectivity index (χ4n) is 1.78. The summed E-state index contributed by atoms with van der Waals surface area (Å²) in [6.45, 7) is 1.36. The van der Waals surface area contributed by atoms with Gasteiger partial charge in [-0.1, -0.05) is 18.2 Å². The van der Waals surface area contributed by atoms with Crippen molar-refractivity contribution in [3.63, 3.8) is 0 Å². The Hall–Kier alpha value is -2.76. The lowest BCUT2D eigenvalue weighted by Crippen LogP contribution is -2.12. The Morgan fingerprint density at radius 2 is 2.05 bits per heavy atom. The highest BCUT2D eigenvalue weighted by molar-refractivity contribution is 5.97. The lowest BCUT2D eigenvalue weighted by molar-refractivity contribution is -0.385. The van der Waals surface area contributed by atoms with Crippen LogP contribution < -0.4 is 4.74 Å². The maximum absolute atomic E-state index is 13.0. The van der Waals surface area contributed by atoms with Crippen molar-refractivity contribution in [2.45, 2.75) is 6.92 Å². The van der Waals surface area contributed by atoms with E-state index in [0.717, 1.165) is 11.6 Å². The fourth-order valence-corrected chi connectivity index (χ4v) is 1.78. The molecule has 2 rings (SSSR count). The van der Waals surface area contributed by atoms with Crippen LogP contribution in [-0.2, 0) is 0 Å². The van der Waals surface area contributed by atoms with Crippen LogP contribution in [0, 0.1) is 22.9 Å². The van der Waals surface area contributed by atoms with Gasteiger partial charge in [-0.2, -0.15) is 0 Å². The van der Waals surface area contributed by atoms with Crippen LogP contribution in [0.2, 0.25) is 0 Å². The first-order valence-electron chi connectivity index (χ1n) is 6.14. The number of ketones is 1. The smallest absolute Gasteiger partial charge is 0.310 e. The van der Waals surface area contributed by atoms with Gasteiger partial charge < -0.3 is 4.74 Å². The maximum atomic E-state index is 13.0. The third-order valence-corrected chi connectivity index (χ3v) is 2.82. The van der Waals surface area contributed by atoms with Crippen LogP contribution in [0.5, 0.6) is 5.75 Å². The zero-order valence-electron chi connectivity index (χ0n) is 11.2. The van der Waals surface area contributed by atoms with Crippen molar-refractivity contribution in [1.29, 1.82) is 0 Å². The molecule has 0 bridgehead atoms. The minimum Gasteiger partial charge on any atom is -0.478 e. The molecule has 2 aromatic rings. The minimum atomic E-state index is -0.582. The number of nitro groups is 1. The molecule has 0 aliphatic rings. The molecule has 0 aliphatic heterocycles. The molecular weight excluding hydrogens is 277 g/mol. The average Bonchev–Trinajstić information content (AvgIpc) is 2.44. The Bertz CT molecular complexity index is 700. The molecule has 108 valence electrons. The number of carbonyl (C=O) groups excluding carboxylic acids is 1. The third kappa shape index (κ3) is 3.62. The van der Waals surface area contributed by atoms with Gasteiger partial charge in [0.2, 0.25) is 0 Å². The van der Waals surface area contributed by atoms with Crippen molar-refractivity contribution >= 4 is 11.5 Å².